The number of aromatic nitrogens is 2. The zero-order valence-electron chi connectivity index (χ0n) is 7.95. The zero-order chi connectivity index (χ0) is 10.6. The zero-order valence-corrected chi connectivity index (χ0v) is 9.52. The minimum Gasteiger partial charge on any atom is -0.349 e. The van der Waals surface area contributed by atoms with Crippen molar-refractivity contribution in [2.45, 2.75) is 0 Å². The van der Waals surface area contributed by atoms with E-state index in [9.17, 15) is 4.79 Å². The summed E-state index contributed by atoms with van der Waals surface area (Å²) in [6, 6.07) is 0. The fourth-order valence-electron chi connectivity index (χ4n) is 0.766. The smallest absolute Gasteiger partial charge is 0.282 e. The van der Waals surface area contributed by atoms with Gasteiger partial charge in [0.1, 0.15) is 0 Å². The maximum atomic E-state index is 11.4. The highest BCUT2D eigenvalue weighted by molar-refractivity contribution is 7.17. The van der Waals surface area contributed by atoms with Crippen LogP contribution in [0.25, 0.3) is 0 Å². The van der Waals surface area contributed by atoms with Crippen LogP contribution in [0.2, 0.25) is 4.47 Å². The van der Waals surface area contributed by atoms with Crippen molar-refractivity contribution in [1.82, 2.24) is 20.4 Å². The van der Waals surface area contributed by atoms with E-state index in [1.165, 1.54) is 0 Å². The first-order valence-electron chi connectivity index (χ1n) is 4.01. The van der Waals surface area contributed by atoms with Crippen LogP contribution in [0.4, 0.5) is 0 Å². The van der Waals surface area contributed by atoms with E-state index in [1.807, 2.05) is 19.0 Å². The molecule has 14 heavy (non-hydrogen) atoms. The van der Waals surface area contributed by atoms with Gasteiger partial charge in [-0.2, -0.15) is 0 Å². The minimum absolute atomic E-state index is 0.226. The molecule has 0 unspecified atom stereocenters. The summed E-state index contributed by atoms with van der Waals surface area (Å²) in [5.41, 5.74) is 0. The molecule has 0 atom stereocenters. The number of carbonyl (C=O) groups is 1. The molecule has 1 amide bonds. The second kappa shape index (κ2) is 5.23. The van der Waals surface area contributed by atoms with E-state index in [-0.39, 0.29) is 10.4 Å². The number of rotatable bonds is 4. The van der Waals surface area contributed by atoms with Gasteiger partial charge in [0.25, 0.3) is 5.91 Å². The highest BCUT2D eigenvalue weighted by Gasteiger charge is 2.10. The third-order valence-corrected chi connectivity index (χ3v) is 2.46. The van der Waals surface area contributed by atoms with Crippen molar-refractivity contribution in [1.29, 1.82) is 0 Å². The predicted molar refractivity (Wildman–Crippen MR) is 55.8 cm³/mol. The summed E-state index contributed by atoms with van der Waals surface area (Å²) in [5.74, 6) is -0.226. The number of hydrogen-bond acceptors (Lipinski definition) is 5. The van der Waals surface area contributed by atoms with Gasteiger partial charge in [0, 0.05) is 13.1 Å². The normalized spacial score (nSPS) is 10.6. The molecule has 1 heterocycles. The first-order chi connectivity index (χ1) is 6.59. The number of likely N-dealkylation sites (N-methyl/N-ethyl adjacent to an activating group) is 1. The van der Waals surface area contributed by atoms with Crippen molar-refractivity contribution < 1.29 is 4.79 Å². The molecule has 0 radical (unpaired) electrons. The van der Waals surface area contributed by atoms with Gasteiger partial charge in [-0.05, 0) is 25.7 Å². The number of nitrogens with zero attached hydrogens (tertiary/aromatic N) is 3. The van der Waals surface area contributed by atoms with E-state index < -0.39 is 0 Å². The molecule has 0 aliphatic carbocycles. The molecule has 0 saturated heterocycles. The van der Waals surface area contributed by atoms with Crippen molar-refractivity contribution in [3.05, 3.63) is 9.47 Å². The fraction of sp³-hybridized carbons (Fsp3) is 0.571. The van der Waals surface area contributed by atoms with Crippen molar-refractivity contribution in [2.24, 2.45) is 0 Å². The van der Waals surface area contributed by atoms with Gasteiger partial charge in [0.05, 0.1) is 0 Å². The number of carbonyl (C=O) groups excluding carboxylic acids is 1. The standard InChI is InChI=1S/C7H11ClN4OS/c1-12(2)4-3-9-5(13)6-10-11-7(8)14-6/h3-4H2,1-2H3,(H,9,13). The SMILES string of the molecule is CN(C)CCNC(=O)c1nnc(Cl)s1. The van der Waals surface area contributed by atoms with Crippen molar-refractivity contribution in [3.8, 4) is 0 Å². The Morgan fingerprint density at radius 2 is 2.29 bits per heavy atom. The molecule has 0 bridgehead atoms. The number of amides is 1. The Morgan fingerprint density at radius 3 is 2.79 bits per heavy atom. The Balaban J connectivity index is 2.36. The van der Waals surface area contributed by atoms with Crippen LogP contribution in [0.15, 0.2) is 0 Å². The Bertz CT molecular complexity index is 314. The lowest BCUT2D eigenvalue weighted by Crippen LogP contribution is -2.31. The fourth-order valence-corrected chi connectivity index (χ4v) is 1.51. The van der Waals surface area contributed by atoms with Gasteiger partial charge >= 0.3 is 0 Å². The molecule has 0 aliphatic heterocycles. The molecule has 0 saturated carbocycles. The largest absolute Gasteiger partial charge is 0.349 e. The highest BCUT2D eigenvalue weighted by Crippen LogP contribution is 2.14. The molecule has 1 rings (SSSR count). The quantitative estimate of drug-likeness (QED) is 0.824. The molecular formula is C7H11ClN4OS. The van der Waals surface area contributed by atoms with Crippen LogP contribution in [0.5, 0.6) is 0 Å². The molecular weight excluding hydrogens is 224 g/mol. The van der Waals surface area contributed by atoms with Crippen LogP contribution < -0.4 is 5.32 Å². The van der Waals surface area contributed by atoms with E-state index in [1.54, 1.807) is 0 Å². The summed E-state index contributed by atoms with van der Waals surface area (Å²) in [6.07, 6.45) is 0. The summed E-state index contributed by atoms with van der Waals surface area (Å²) in [7, 11) is 3.88. The van der Waals surface area contributed by atoms with E-state index in [0.717, 1.165) is 17.9 Å². The second-order valence-electron chi connectivity index (χ2n) is 2.92. The molecule has 1 N–H and O–H groups in total. The van der Waals surface area contributed by atoms with E-state index >= 15 is 0 Å². The molecule has 0 spiro atoms. The van der Waals surface area contributed by atoms with E-state index in [2.05, 4.69) is 15.5 Å². The number of halogens is 1. The minimum atomic E-state index is -0.226. The Labute approximate surface area is 91.1 Å². The van der Waals surface area contributed by atoms with Crippen LogP contribution >= 0.6 is 22.9 Å². The van der Waals surface area contributed by atoms with Gasteiger partial charge < -0.3 is 10.2 Å². The average Bonchev–Trinajstić information content (AvgIpc) is 2.51. The topological polar surface area (TPSA) is 58.1 Å². The Morgan fingerprint density at radius 1 is 1.57 bits per heavy atom. The summed E-state index contributed by atoms with van der Waals surface area (Å²) in [4.78, 5) is 13.3. The summed E-state index contributed by atoms with van der Waals surface area (Å²) in [6.45, 7) is 1.38. The Kier molecular flexibility index (Phi) is 4.24. The maximum absolute atomic E-state index is 11.4. The molecule has 0 aliphatic rings. The van der Waals surface area contributed by atoms with Crippen LogP contribution in [-0.4, -0.2) is 48.2 Å². The second-order valence-corrected chi connectivity index (χ2v) is 4.48. The van der Waals surface area contributed by atoms with Crippen molar-refractivity contribution in [2.75, 3.05) is 27.2 Å². The van der Waals surface area contributed by atoms with Crippen LogP contribution in [0.1, 0.15) is 9.80 Å². The van der Waals surface area contributed by atoms with Gasteiger partial charge in [0.2, 0.25) is 9.47 Å². The van der Waals surface area contributed by atoms with Gasteiger partial charge in [-0.15, -0.1) is 10.2 Å². The van der Waals surface area contributed by atoms with E-state index in [0.29, 0.717) is 11.6 Å². The maximum Gasteiger partial charge on any atom is 0.282 e. The molecule has 1 aromatic rings. The van der Waals surface area contributed by atoms with E-state index in [4.69, 9.17) is 11.6 Å². The molecule has 7 heteroatoms. The highest BCUT2D eigenvalue weighted by atomic mass is 35.5. The molecule has 0 fully saturated rings. The molecule has 1 aromatic heterocycles. The van der Waals surface area contributed by atoms with Crippen molar-refractivity contribution in [3.63, 3.8) is 0 Å². The first kappa shape index (κ1) is 11.4. The Hall–Kier alpha value is -0.720. The lowest BCUT2D eigenvalue weighted by molar-refractivity contribution is 0.0950. The monoisotopic (exact) mass is 234 g/mol. The van der Waals surface area contributed by atoms with Gasteiger partial charge in [-0.1, -0.05) is 11.3 Å². The van der Waals surface area contributed by atoms with Crippen LogP contribution in [-0.2, 0) is 0 Å². The average molecular weight is 235 g/mol. The predicted octanol–water partition coefficient (Wildman–Crippen LogP) is 0.483. The summed E-state index contributed by atoms with van der Waals surface area (Å²) < 4.78 is 0.280. The molecule has 0 aromatic carbocycles. The molecule has 5 nitrogen and oxygen atoms in total. The summed E-state index contributed by atoms with van der Waals surface area (Å²) in [5, 5.41) is 10.2. The van der Waals surface area contributed by atoms with Gasteiger partial charge in [-0.3, -0.25) is 4.79 Å². The summed E-state index contributed by atoms with van der Waals surface area (Å²) >= 11 is 6.62. The third-order valence-electron chi connectivity index (χ3n) is 1.44. The third kappa shape index (κ3) is 3.57. The molecule has 78 valence electrons. The number of hydrogen-bond donors (Lipinski definition) is 1. The van der Waals surface area contributed by atoms with Crippen LogP contribution in [0.3, 0.4) is 0 Å². The van der Waals surface area contributed by atoms with Gasteiger partial charge in [-0.25, -0.2) is 0 Å². The lowest BCUT2D eigenvalue weighted by atomic mass is 10.5. The van der Waals surface area contributed by atoms with Gasteiger partial charge in [0.15, 0.2) is 0 Å². The first-order valence-corrected chi connectivity index (χ1v) is 5.21. The number of nitrogens with one attached hydrogen (secondary N) is 1. The van der Waals surface area contributed by atoms with Crippen molar-refractivity contribution >= 4 is 28.8 Å². The lowest BCUT2D eigenvalue weighted by Gasteiger charge is -2.08. The van der Waals surface area contributed by atoms with Crippen LogP contribution in [0, 0.1) is 0 Å².